The Morgan fingerprint density at radius 1 is 0.698 bits per heavy atom. The average molecular weight is 577 g/mol. The number of allylic oxidation sites excluding steroid dienone is 12. The molecule has 0 saturated carbocycles. The van der Waals surface area contributed by atoms with E-state index in [9.17, 15) is 0 Å². The van der Waals surface area contributed by atoms with Gasteiger partial charge in [-0.3, -0.25) is 0 Å². The zero-order chi connectivity index (χ0) is 28.3. The molecule has 1 heterocycles. The summed E-state index contributed by atoms with van der Waals surface area (Å²) in [4.78, 5) is 0. The summed E-state index contributed by atoms with van der Waals surface area (Å²) in [5.74, 6) is 4.42. The third-order valence-corrected chi connectivity index (χ3v) is 12.8. The standard InChI is InChI=1S/C42H40S/c1-2-11-27(12-3-1)29-14-10-15-30(25-29)40-34-17-6-8-19-36(34)41(37-20-9-7-18-35(37)40)31-22-23-33-38-24-21-28-13-4-5-16-32(28)42(38)43-39(33)26-31/h1-2,4-6,8-10,13-14,16,19-24,26-27,29-30,34-35,40H,3,7,11-12,15,17-18,25H2. The maximum Gasteiger partial charge on any atom is 0.0433 e. The minimum atomic E-state index is 0.630. The van der Waals surface area contributed by atoms with Gasteiger partial charge in [0.15, 0.2) is 0 Å². The first-order valence-corrected chi connectivity index (χ1v) is 17.6. The largest absolute Gasteiger partial charge is 0.135 e. The van der Waals surface area contributed by atoms with E-state index in [4.69, 9.17) is 0 Å². The molecule has 5 aliphatic carbocycles. The Balaban J connectivity index is 1.15. The van der Waals surface area contributed by atoms with Crippen LogP contribution < -0.4 is 0 Å². The van der Waals surface area contributed by atoms with Crippen LogP contribution in [0.4, 0.5) is 0 Å². The van der Waals surface area contributed by atoms with Gasteiger partial charge in [-0.15, -0.1) is 11.3 Å². The lowest BCUT2D eigenvalue weighted by molar-refractivity contribution is 0.136. The molecule has 0 bridgehead atoms. The topological polar surface area (TPSA) is 0 Å². The second-order valence-electron chi connectivity index (χ2n) is 13.7. The summed E-state index contributed by atoms with van der Waals surface area (Å²) in [5.41, 5.74) is 6.22. The van der Waals surface area contributed by atoms with Crippen molar-refractivity contribution in [2.24, 2.45) is 35.5 Å². The van der Waals surface area contributed by atoms with Gasteiger partial charge in [0.1, 0.15) is 0 Å². The Hall–Kier alpha value is -3.42. The van der Waals surface area contributed by atoms with Gasteiger partial charge in [-0.2, -0.15) is 0 Å². The molecular formula is C42H40S. The monoisotopic (exact) mass is 576 g/mol. The van der Waals surface area contributed by atoms with Gasteiger partial charge in [-0.1, -0.05) is 103 Å². The lowest BCUT2D eigenvalue weighted by Crippen LogP contribution is -2.39. The van der Waals surface area contributed by atoms with Crippen LogP contribution in [0.1, 0.15) is 56.9 Å². The van der Waals surface area contributed by atoms with Gasteiger partial charge in [0.05, 0.1) is 0 Å². The third-order valence-electron chi connectivity index (χ3n) is 11.6. The molecule has 0 spiro atoms. The van der Waals surface area contributed by atoms with Crippen LogP contribution in [0, 0.1) is 35.5 Å². The Morgan fingerprint density at radius 2 is 1.60 bits per heavy atom. The van der Waals surface area contributed by atoms with Gasteiger partial charge < -0.3 is 0 Å². The fourth-order valence-electron chi connectivity index (χ4n) is 9.63. The number of hydrogen-bond acceptors (Lipinski definition) is 1. The summed E-state index contributed by atoms with van der Waals surface area (Å²) in [5, 5.41) is 5.51. The smallest absolute Gasteiger partial charge is 0.0433 e. The first-order chi connectivity index (χ1) is 21.3. The highest BCUT2D eigenvalue weighted by Crippen LogP contribution is 2.57. The number of thiophene rings is 1. The van der Waals surface area contributed by atoms with Crippen molar-refractivity contribution in [3.05, 3.63) is 126 Å². The van der Waals surface area contributed by atoms with E-state index < -0.39 is 0 Å². The molecule has 0 saturated heterocycles. The van der Waals surface area contributed by atoms with Crippen LogP contribution in [0.5, 0.6) is 0 Å². The summed E-state index contributed by atoms with van der Waals surface area (Å²) in [6.45, 7) is 0. The van der Waals surface area contributed by atoms with Gasteiger partial charge in [0, 0.05) is 20.2 Å². The highest BCUT2D eigenvalue weighted by atomic mass is 32.1. The van der Waals surface area contributed by atoms with Crippen LogP contribution in [-0.4, -0.2) is 0 Å². The first kappa shape index (κ1) is 26.0. The van der Waals surface area contributed by atoms with Crippen molar-refractivity contribution in [1.82, 2.24) is 0 Å². The van der Waals surface area contributed by atoms with E-state index >= 15 is 0 Å². The molecule has 9 rings (SSSR count). The van der Waals surface area contributed by atoms with Crippen LogP contribution >= 0.6 is 11.3 Å². The summed E-state index contributed by atoms with van der Waals surface area (Å²) < 4.78 is 2.84. The molecule has 0 radical (unpaired) electrons. The zero-order valence-corrected chi connectivity index (χ0v) is 25.7. The molecule has 0 aliphatic heterocycles. The highest BCUT2D eigenvalue weighted by molar-refractivity contribution is 7.26. The van der Waals surface area contributed by atoms with E-state index in [1.54, 1.807) is 16.7 Å². The SMILES string of the molecule is C1=CCC2C(=C1)C(c1ccc3c(c1)sc1c4ccccc4ccc31)=C1C=CCCC1C2C1CC=CC(C2CC=CCC2)C1. The van der Waals surface area contributed by atoms with Crippen molar-refractivity contribution in [2.75, 3.05) is 0 Å². The van der Waals surface area contributed by atoms with Crippen LogP contribution in [0.15, 0.2) is 120 Å². The number of benzene rings is 3. The molecule has 0 fully saturated rings. The summed E-state index contributed by atoms with van der Waals surface area (Å²) in [6, 6.07) is 20.9. The number of hydrogen-bond donors (Lipinski definition) is 0. The lowest BCUT2D eigenvalue weighted by atomic mass is 9.55. The lowest BCUT2D eigenvalue weighted by Gasteiger charge is -2.49. The van der Waals surface area contributed by atoms with Crippen molar-refractivity contribution in [3.63, 3.8) is 0 Å². The van der Waals surface area contributed by atoms with Crippen molar-refractivity contribution < 1.29 is 0 Å². The van der Waals surface area contributed by atoms with Crippen LogP contribution in [0.2, 0.25) is 0 Å². The average Bonchev–Trinajstić information content (AvgIpc) is 3.46. The Morgan fingerprint density at radius 3 is 2.56 bits per heavy atom. The molecular weight excluding hydrogens is 537 g/mol. The predicted molar refractivity (Wildman–Crippen MR) is 186 cm³/mol. The van der Waals surface area contributed by atoms with Crippen molar-refractivity contribution >= 4 is 47.9 Å². The Bertz CT molecular complexity index is 1920. The van der Waals surface area contributed by atoms with E-state index in [0.717, 1.165) is 23.7 Å². The maximum absolute atomic E-state index is 2.60. The van der Waals surface area contributed by atoms with E-state index in [0.29, 0.717) is 11.8 Å². The molecule has 43 heavy (non-hydrogen) atoms. The molecule has 0 nitrogen and oxygen atoms in total. The molecule has 4 aromatic rings. The maximum atomic E-state index is 2.60. The second kappa shape index (κ2) is 10.6. The summed E-state index contributed by atoms with van der Waals surface area (Å²) in [6.07, 6.45) is 32.6. The third kappa shape index (κ3) is 4.30. The van der Waals surface area contributed by atoms with Gasteiger partial charge in [-0.25, -0.2) is 0 Å². The fraction of sp³-hybridized carbons (Fsp3) is 0.333. The second-order valence-corrected chi connectivity index (χ2v) is 14.8. The highest BCUT2D eigenvalue weighted by Gasteiger charge is 2.45. The van der Waals surface area contributed by atoms with Crippen molar-refractivity contribution in [3.8, 4) is 0 Å². The van der Waals surface area contributed by atoms with Crippen molar-refractivity contribution in [2.45, 2.75) is 51.4 Å². The van der Waals surface area contributed by atoms with E-state index in [-0.39, 0.29) is 0 Å². The van der Waals surface area contributed by atoms with Crippen LogP contribution in [0.25, 0.3) is 36.5 Å². The first-order valence-electron chi connectivity index (χ1n) is 16.8. The summed E-state index contributed by atoms with van der Waals surface area (Å²) in [7, 11) is 0. The normalized spacial score (nSPS) is 30.2. The molecule has 6 unspecified atom stereocenters. The fourth-order valence-corrected chi connectivity index (χ4v) is 10.9. The molecule has 214 valence electrons. The van der Waals surface area contributed by atoms with Crippen LogP contribution in [0.3, 0.4) is 0 Å². The molecule has 6 atom stereocenters. The Labute approximate surface area is 259 Å². The van der Waals surface area contributed by atoms with Crippen LogP contribution in [-0.2, 0) is 0 Å². The van der Waals surface area contributed by atoms with Gasteiger partial charge >= 0.3 is 0 Å². The zero-order valence-electron chi connectivity index (χ0n) is 24.9. The van der Waals surface area contributed by atoms with Gasteiger partial charge in [0.2, 0.25) is 0 Å². The molecule has 1 aromatic heterocycles. The summed E-state index contributed by atoms with van der Waals surface area (Å²) >= 11 is 1.98. The minimum absolute atomic E-state index is 0.630. The predicted octanol–water partition coefficient (Wildman–Crippen LogP) is 12.0. The molecule has 1 heteroatoms. The Kier molecular flexibility index (Phi) is 6.44. The van der Waals surface area contributed by atoms with E-state index in [1.165, 1.54) is 87.9 Å². The van der Waals surface area contributed by atoms with Gasteiger partial charge in [-0.05, 0) is 126 Å². The quantitative estimate of drug-likeness (QED) is 0.213. The number of fused-ring (bicyclic) bond motifs is 7. The minimum Gasteiger partial charge on any atom is -0.135 e. The number of rotatable bonds is 3. The van der Waals surface area contributed by atoms with Gasteiger partial charge in [0.25, 0.3) is 0 Å². The van der Waals surface area contributed by atoms with E-state index in [2.05, 4.69) is 109 Å². The van der Waals surface area contributed by atoms with E-state index in [1.807, 2.05) is 11.3 Å². The molecule has 0 amide bonds. The molecule has 0 N–H and O–H groups in total. The molecule has 5 aliphatic rings. The van der Waals surface area contributed by atoms with Crippen molar-refractivity contribution in [1.29, 1.82) is 0 Å². The molecule has 3 aromatic carbocycles.